The van der Waals surface area contributed by atoms with E-state index in [-0.39, 0.29) is 4.90 Å². The van der Waals surface area contributed by atoms with Crippen molar-refractivity contribution in [3.05, 3.63) is 78.9 Å². The van der Waals surface area contributed by atoms with Gasteiger partial charge in [-0.25, -0.2) is 4.79 Å². The summed E-state index contributed by atoms with van der Waals surface area (Å²) in [4.78, 5) is 12.0. The van der Waals surface area contributed by atoms with Gasteiger partial charge in [-0.05, 0) is 35.9 Å². The number of nitrogens with one attached hydrogen (secondary N) is 2. The van der Waals surface area contributed by atoms with E-state index < -0.39 is 16.1 Å². The van der Waals surface area contributed by atoms with Gasteiger partial charge >= 0.3 is 6.03 Å². The fraction of sp³-hybridized carbons (Fsp3) is 0. The second-order valence-corrected chi connectivity index (χ2v) is 6.92. The summed E-state index contributed by atoms with van der Waals surface area (Å²) >= 11 is 0. The maximum Gasteiger partial charge on any atom is 0.323 e. The van der Waals surface area contributed by atoms with Gasteiger partial charge in [0.15, 0.2) is 0 Å². The maximum absolute atomic E-state index is 12.3. The fourth-order valence-electron chi connectivity index (χ4n) is 2.46. The third-order valence-corrected chi connectivity index (χ3v) is 4.50. The molecule has 7 heteroatoms. The molecule has 0 radical (unpaired) electrons. The molecule has 0 aliphatic carbocycles. The zero-order valence-electron chi connectivity index (χ0n) is 13.6. The lowest BCUT2D eigenvalue weighted by atomic mass is 10.0. The molecule has 2 amide bonds. The van der Waals surface area contributed by atoms with E-state index in [4.69, 9.17) is 0 Å². The first-order chi connectivity index (χ1) is 12.4. The van der Waals surface area contributed by atoms with Crippen molar-refractivity contribution in [2.45, 2.75) is 4.90 Å². The molecule has 6 nitrogen and oxygen atoms in total. The summed E-state index contributed by atoms with van der Waals surface area (Å²) in [6.07, 6.45) is 0. The highest BCUT2D eigenvalue weighted by molar-refractivity contribution is 7.85. The fourth-order valence-corrected chi connectivity index (χ4v) is 2.96. The number of hydrogen-bond acceptors (Lipinski definition) is 3. The largest absolute Gasteiger partial charge is 0.323 e. The highest BCUT2D eigenvalue weighted by Gasteiger charge is 2.15. The van der Waals surface area contributed by atoms with Crippen molar-refractivity contribution in [1.82, 2.24) is 0 Å². The molecule has 0 spiro atoms. The second kappa shape index (κ2) is 7.38. The van der Waals surface area contributed by atoms with Crippen molar-refractivity contribution in [1.29, 1.82) is 0 Å². The number of para-hydroxylation sites is 1. The minimum Gasteiger partial charge on any atom is -0.308 e. The third kappa shape index (κ3) is 4.27. The summed E-state index contributed by atoms with van der Waals surface area (Å²) < 4.78 is 32.2. The lowest BCUT2D eigenvalue weighted by Crippen LogP contribution is -2.20. The van der Waals surface area contributed by atoms with Crippen molar-refractivity contribution in [3.8, 4) is 11.1 Å². The number of benzene rings is 3. The summed E-state index contributed by atoms with van der Waals surface area (Å²) in [5.74, 6) is 0. The predicted octanol–water partition coefficient (Wildman–Crippen LogP) is 4.24. The Morgan fingerprint density at radius 2 is 1.42 bits per heavy atom. The van der Waals surface area contributed by atoms with Crippen LogP contribution in [0.2, 0.25) is 0 Å². The molecule has 0 bridgehead atoms. The predicted molar refractivity (Wildman–Crippen MR) is 101 cm³/mol. The maximum atomic E-state index is 12.3. The van der Waals surface area contributed by atoms with Gasteiger partial charge in [-0.3, -0.25) is 4.55 Å². The lowest BCUT2D eigenvalue weighted by Gasteiger charge is -2.13. The topological polar surface area (TPSA) is 95.5 Å². The molecule has 0 saturated carbocycles. The Labute approximate surface area is 151 Å². The Morgan fingerprint density at radius 3 is 2.04 bits per heavy atom. The van der Waals surface area contributed by atoms with Crippen LogP contribution >= 0.6 is 0 Å². The van der Waals surface area contributed by atoms with Crippen LogP contribution in [0.3, 0.4) is 0 Å². The first-order valence-electron chi connectivity index (χ1n) is 7.73. The lowest BCUT2D eigenvalue weighted by molar-refractivity contribution is 0.262. The van der Waals surface area contributed by atoms with E-state index in [9.17, 15) is 17.8 Å². The standard InChI is InChI=1S/C19H16N2O4S/c22-19(20-15-9-5-2-6-10-15)21-18-12-11-16(26(23,24)25)13-17(18)14-7-3-1-4-8-14/h1-13H,(H2,20,21,22)(H,23,24,25). The molecule has 132 valence electrons. The zero-order valence-corrected chi connectivity index (χ0v) is 14.4. The number of anilines is 2. The molecule has 0 saturated heterocycles. The molecule has 3 N–H and O–H groups in total. The summed E-state index contributed by atoms with van der Waals surface area (Å²) in [6.45, 7) is 0. The van der Waals surface area contributed by atoms with Crippen molar-refractivity contribution >= 4 is 27.5 Å². The van der Waals surface area contributed by atoms with Crippen LogP contribution in [-0.4, -0.2) is 19.0 Å². The van der Waals surface area contributed by atoms with E-state index in [0.29, 0.717) is 22.5 Å². The molecular formula is C19H16N2O4S. The number of hydrogen-bond donors (Lipinski definition) is 3. The Hall–Kier alpha value is -3.16. The summed E-state index contributed by atoms with van der Waals surface area (Å²) in [7, 11) is -4.36. The highest BCUT2D eigenvalue weighted by atomic mass is 32.2. The van der Waals surface area contributed by atoms with Gasteiger partial charge in [-0.2, -0.15) is 8.42 Å². The molecule has 26 heavy (non-hydrogen) atoms. The van der Waals surface area contributed by atoms with E-state index in [1.54, 1.807) is 48.5 Å². The Bertz CT molecular complexity index is 1020. The Balaban J connectivity index is 1.94. The van der Waals surface area contributed by atoms with Crippen LogP contribution in [0, 0.1) is 0 Å². The van der Waals surface area contributed by atoms with Gasteiger partial charge in [-0.15, -0.1) is 0 Å². The number of urea groups is 1. The summed E-state index contributed by atoms with van der Waals surface area (Å²) in [5, 5.41) is 5.41. The number of rotatable bonds is 4. The SMILES string of the molecule is O=C(Nc1ccccc1)Nc1ccc(S(=O)(=O)O)cc1-c1ccccc1. The first kappa shape index (κ1) is 17.7. The van der Waals surface area contributed by atoms with Crippen LogP contribution in [0.25, 0.3) is 11.1 Å². The number of carbonyl (C=O) groups is 1. The van der Waals surface area contributed by atoms with Crippen molar-refractivity contribution in [2.24, 2.45) is 0 Å². The molecule has 0 atom stereocenters. The number of amides is 2. The van der Waals surface area contributed by atoms with Crippen LogP contribution in [0.5, 0.6) is 0 Å². The van der Waals surface area contributed by atoms with Crippen molar-refractivity contribution in [3.63, 3.8) is 0 Å². The second-order valence-electron chi connectivity index (χ2n) is 5.49. The average Bonchev–Trinajstić information content (AvgIpc) is 2.62. The quantitative estimate of drug-likeness (QED) is 0.600. The molecule has 0 fully saturated rings. The highest BCUT2D eigenvalue weighted by Crippen LogP contribution is 2.30. The zero-order chi connectivity index (χ0) is 18.6. The van der Waals surface area contributed by atoms with E-state index in [2.05, 4.69) is 10.6 Å². The van der Waals surface area contributed by atoms with Crippen LogP contribution < -0.4 is 10.6 Å². The van der Waals surface area contributed by atoms with Gasteiger partial charge < -0.3 is 10.6 Å². The van der Waals surface area contributed by atoms with E-state index in [1.807, 2.05) is 12.1 Å². The molecule has 3 aromatic rings. The Morgan fingerprint density at radius 1 is 0.808 bits per heavy atom. The molecule has 3 aromatic carbocycles. The van der Waals surface area contributed by atoms with Crippen LogP contribution in [0.15, 0.2) is 83.8 Å². The Kier molecular flexibility index (Phi) is 5.01. The van der Waals surface area contributed by atoms with E-state index in [0.717, 1.165) is 0 Å². The molecule has 0 aliphatic rings. The average molecular weight is 368 g/mol. The van der Waals surface area contributed by atoms with Gasteiger partial charge in [0, 0.05) is 11.3 Å². The van der Waals surface area contributed by atoms with Crippen molar-refractivity contribution < 1.29 is 17.8 Å². The van der Waals surface area contributed by atoms with Gasteiger partial charge in [0.1, 0.15) is 0 Å². The smallest absolute Gasteiger partial charge is 0.308 e. The van der Waals surface area contributed by atoms with E-state index >= 15 is 0 Å². The van der Waals surface area contributed by atoms with Gasteiger partial charge in [0.25, 0.3) is 10.1 Å². The number of carbonyl (C=O) groups excluding carboxylic acids is 1. The molecule has 0 heterocycles. The monoisotopic (exact) mass is 368 g/mol. The van der Waals surface area contributed by atoms with Gasteiger partial charge in [-0.1, -0.05) is 48.5 Å². The van der Waals surface area contributed by atoms with E-state index in [1.165, 1.54) is 18.2 Å². The normalized spacial score (nSPS) is 11.0. The third-order valence-electron chi connectivity index (χ3n) is 3.65. The molecule has 3 rings (SSSR count). The molecule has 0 aliphatic heterocycles. The van der Waals surface area contributed by atoms with Crippen LogP contribution in [0.1, 0.15) is 0 Å². The summed E-state index contributed by atoms with van der Waals surface area (Å²) in [6, 6.07) is 21.4. The van der Waals surface area contributed by atoms with Crippen molar-refractivity contribution in [2.75, 3.05) is 10.6 Å². The molecule has 0 aromatic heterocycles. The first-order valence-corrected chi connectivity index (χ1v) is 9.17. The van der Waals surface area contributed by atoms with Gasteiger partial charge in [0.2, 0.25) is 0 Å². The van der Waals surface area contributed by atoms with Crippen LogP contribution in [-0.2, 0) is 10.1 Å². The molecule has 0 unspecified atom stereocenters. The van der Waals surface area contributed by atoms with Gasteiger partial charge in [0.05, 0.1) is 10.6 Å². The summed E-state index contributed by atoms with van der Waals surface area (Å²) in [5.41, 5.74) is 2.22. The minimum atomic E-state index is -4.36. The minimum absolute atomic E-state index is 0.245. The molecular weight excluding hydrogens is 352 g/mol. The van der Waals surface area contributed by atoms with Crippen LogP contribution in [0.4, 0.5) is 16.2 Å².